The molecular formula is C21H22N2O3. The summed E-state index contributed by atoms with van der Waals surface area (Å²) in [7, 11) is 1.61. The average Bonchev–Trinajstić information content (AvgIpc) is 2.67. The number of pyridine rings is 1. The highest BCUT2D eigenvalue weighted by Gasteiger charge is 2.33. The number of allylic oxidation sites excluding steroid dienone is 1. The highest BCUT2D eigenvalue weighted by Crippen LogP contribution is 2.34. The standard InChI is InChI=1S/C21H22N2O3/c1-26-18-7-5-16(6-8-18)20(24)9-10-22-12-15-11-17(14-22)19-3-2-4-21(25)23(19)13-15/h2-10,15,17H,11-14H2,1H3/t15-,17-/m0/s1. The number of carbonyl (C=O) groups is 1. The van der Waals surface area contributed by atoms with E-state index in [-0.39, 0.29) is 11.3 Å². The molecule has 3 heterocycles. The first-order valence-electron chi connectivity index (χ1n) is 8.94. The molecule has 2 aliphatic heterocycles. The zero-order valence-electron chi connectivity index (χ0n) is 14.8. The molecule has 0 radical (unpaired) electrons. The Morgan fingerprint density at radius 1 is 1.12 bits per heavy atom. The van der Waals surface area contributed by atoms with Crippen molar-refractivity contribution in [1.82, 2.24) is 9.47 Å². The van der Waals surface area contributed by atoms with Gasteiger partial charge in [0.1, 0.15) is 5.75 Å². The smallest absolute Gasteiger partial charge is 0.250 e. The van der Waals surface area contributed by atoms with Crippen molar-refractivity contribution < 1.29 is 9.53 Å². The molecule has 1 aromatic carbocycles. The maximum atomic E-state index is 12.4. The van der Waals surface area contributed by atoms with Gasteiger partial charge in [0.25, 0.3) is 5.56 Å². The summed E-state index contributed by atoms with van der Waals surface area (Å²) >= 11 is 0. The second-order valence-corrected chi connectivity index (χ2v) is 7.06. The maximum absolute atomic E-state index is 12.4. The van der Waals surface area contributed by atoms with Crippen LogP contribution in [0.1, 0.15) is 28.4 Å². The van der Waals surface area contributed by atoms with Gasteiger partial charge in [-0.1, -0.05) is 6.07 Å². The molecule has 2 atom stereocenters. The minimum absolute atomic E-state index is 0.0139. The summed E-state index contributed by atoms with van der Waals surface area (Å²) in [5.41, 5.74) is 1.86. The van der Waals surface area contributed by atoms with E-state index < -0.39 is 0 Å². The summed E-state index contributed by atoms with van der Waals surface area (Å²) in [4.78, 5) is 26.7. The number of aromatic nitrogens is 1. The number of hydrogen-bond donors (Lipinski definition) is 0. The first-order chi connectivity index (χ1) is 12.6. The first kappa shape index (κ1) is 16.6. The third-order valence-corrected chi connectivity index (χ3v) is 5.32. The minimum atomic E-state index is -0.0139. The summed E-state index contributed by atoms with van der Waals surface area (Å²) in [5, 5.41) is 0. The van der Waals surface area contributed by atoms with Crippen LogP contribution < -0.4 is 10.3 Å². The number of hydrogen-bond acceptors (Lipinski definition) is 4. The Morgan fingerprint density at radius 2 is 1.92 bits per heavy atom. The molecule has 0 N–H and O–H groups in total. The van der Waals surface area contributed by atoms with Crippen molar-refractivity contribution in [2.75, 3.05) is 20.2 Å². The van der Waals surface area contributed by atoms with E-state index in [1.54, 1.807) is 43.5 Å². The van der Waals surface area contributed by atoms with Crippen LogP contribution in [0.5, 0.6) is 5.75 Å². The van der Waals surface area contributed by atoms with Gasteiger partial charge < -0.3 is 14.2 Å². The lowest BCUT2D eigenvalue weighted by atomic mass is 9.83. The Morgan fingerprint density at radius 3 is 2.69 bits per heavy atom. The normalized spacial score (nSPS) is 21.5. The van der Waals surface area contributed by atoms with Crippen molar-refractivity contribution >= 4 is 5.78 Å². The molecular weight excluding hydrogens is 328 g/mol. The molecule has 134 valence electrons. The van der Waals surface area contributed by atoms with Gasteiger partial charge in [0.05, 0.1) is 7.11 Å². The van der Waals surface area contributed by atoms with E-state index in [9.17, 15) is 9.59 Å². The highest BCUT2D eigenvalue weighted by molar-refractivity contribution is 6.04. The molecule has 0 amide bonds. The van der Waals surface area contributed by atoms with Crippen LogP contribution in [0.4, 0.5) is 0 Å². The quantitative estimate of drug-likeness (QED) is 0.628. The largest absolute Gasteiger partial charge is 0.497 e. The van der Waals surface area contributed by atoms with Crippen LogP contribution >= 0.6 is 0 Å². The third-order valence-electron chi connectivity index (χ3n) is 5.32. The lowest BCUT2D eigenvalue weighted by molar-refractivity contribution is 0.104. The van der Waals surface area contributed by atoms with E-state index in [0.717, 1.165) is 37.5 Å². The highest BCUT2D eigenvalue weighted by atomic mass is 16.5. The van der Waals surface area contributed by atoms with E-state index in [4.69, 9.17) is 4.74 Å². The van der Waals surface area contributed by atoms with Gasteiger partial charge in [0, 0.05) is 55.2 Å². The first-order valence-corrected chi connectivity index (χ1v) is 8.94. The molecule has 0 unspecified atom stereocenters. The van der Waals surface area contributed by atoms with E-state index in [1.165, 1.54) is 0 Å². The summed E-state index contributed by atoms with van der Waals surface area (Å²) in [6, 6.07) is 12.7. The van der Waals surface area contributed by atoms with Crippen molar-refractivity contribution in [2.24, 2.45) is 5.92 Å². The number of fused-ring (bicyclic) bond motifs is 4. The second-order valence-electron chi connectivity index (χ2n) is 7.06. The van der Waals surface area contributed by atoms with Crippen molar-refractivity contribution in [3.05, 3.63) is 76.4 Å². The van der Waals surface area contributed by atoms with Crippen molar-refractivity contribution in [2.45, 2.75) is 18.9 Å². The van der Waals surface area contributed by atoms with Gasteiger partial charge in [-0.15, -0.1) is 0 Å². The van der Waals surface area contributed by atoms with E-state index in [2.05, 4.69) is 11.0 Å². The predicted molar refractivity (Wildman–Crippen MR) is 99.6 cm³/mol. The molecule has 0 spiro atoms. The van der Waals surface area contributed by atoms with E-state index >= 15 is 0 Å². The Balaban J connectivity index is 1.47. The summed E-state index contributed by atoms with van der Waals surface area (Å²) in [6.07, 6.45) is 4.66. The summed E-state index contributed by atoms with van der Waals surface area (Å²) in [5.74, 6) is 1.52. The topological polar surface area (TPSA) is 51.5 Å². The van der Waals surface area contributed by atoms with Gasteiger partial charge in [0.2, 0.25) is 0 Å². The molecule has 2 bridgehead atoms. The number of rotatable bonds is 4. The molecule has 1 aromatic heterocycles. The van der Waals surface area contributed by atoms with Crippen LogP contribution in [0.3, 0.4) is 0 Å². The number of carbonyl (C=O) groups excluding carboxylic acids is 1. The zero-order valence-corrected chi connectivity index (χ0v) is 14.8. The van der Waals surface area contributed by atoms with Crippen LogP contribution in [0.2, 0.25) is 0 Å². The molecule has 0 aliphatic carbocycles. The number of methoxy groups -OCH3 is 1. The number of likely N-dealkylation sites (tertiary alicyclic amines) is 1. The Labute approximate surface area is 152 Å². The van der Waals surface area contributed by atoms with Gasteiger partial charge in [-0.25, -0.2) is 0 Å². The fourth-order valence-corrected chi connectivity index (χ4v) is 4.08. The van der Waals surface area contributed by atoms with Crippen molar-refractivity contribution in [3.63, 3.8) is 0 Å². The van der Waals surface area contributed by atoms with Crippen molar-refractivity contribution in [1.29, 1.82) is 0 Å². The van der Waals surface area contributed by atoms with Crippen LogP contribution in [-0.4, -0.2) is 35.4 Å². The molecule has 26 heavy (non-hydrogen) atoms. The number of benzene rings is 1. The molecule has 1 saturated heterocycles. The Kier molecular flexibility index (Phi) is 4.37. The fraction of sp³-hybridized carbons (Fsp3) is 0.333. The van der Waals surface area contributed by atoms with Gasteiger partial charge in [-0.05, 0) is 42.7 Å². The second kappa shape index (κ2) is 6.83. The molecule has 5 nitrogen and oxygen atoms in total. The molecule has 2 aromatic rings. The molecule has 4 rings (SSSR count). The number of piperidine rings is 1. The van der Waals surface area contributed by atoms with Gasteiger partial charge >= 0.3 is 0 Å². The molecule has 1 fully saturated rings. The number of nitrogens with zero attached hydrogens (tertiary/aromatic N) is 2. The minimum Gasteiger partial charge on any atom is -0.497 e. The van der Waals surface area contributed by atoms with Crippen LogP contribution in [0.15, 0.2) is 59.5 Å². The maximum Gasteiger partial charge on any atom is 0.250 e. The van der Waals surface area contributed by atoms with Gasteiger partial charge in [0.15, 0.2) is 5.78 Å². The third kappa shape index (κ3) is 3.17. The molecule has 0 saturated carbocycles. The lowest BCUT2D eigenvalue weighted by Crippen LogP contribution is -2.45. The molecule has 2 aliphatic rings. The zero-order chi connectivity index (χ0) is 18.1. The Hall–Kier alpha value is -2.82. The number of ketones is 1. The summed E-state index contributed by atoms with van der Waals surface area (Å²) in [6.45, 7) is 2.48. The average molecular weight is 350 g/mol. The molecule has 5 heteroatoms. The number of ether oxygens (including phenoxy) is 1. The SMILES string of the molecule is COc1ccc(C(=O)C=CN2C[C@@H]3C[C@@H](C2)c2cccc(=O)n2C3)cc1. The van der Waals surface area contributed by atoms with E-state index in [0.29, 0.717) is 17.4 Å². The summed E-state index contributed by atoms with van der Waals surface area (Å²) < 4.78 is 7.04. The Bertz CT molecular complexity index is 898. The fourth-order valence-electron chi connectivity index (χ4n) is 4.08. The van der Waals surface area contributed by atoms with Gasteiger partial charge in [-0.2, -0.15) is 0 Å². The monoisotopic (exact) mass is 350 g/mol. The van der Waals surface area contributed by atoms with Crippen LogP contribution in [0.25, 0.3) is 0 Å². The van der Waals surface area contributed by atoms with Crippen molar-refractivity contribution in [3.8, 4) is 5.75 Å². The lowest BCUT2D eigenvalue weighted by Gasteiger charge is -2.42. The van der Waals surface area contributed by atoms with Crippen LogP contribution in [0, 0.1) is 5.92 Å². The van der Waals surface area contributed by atoms with E-state index in [1.807, 2.05) is 16.8 Å². The predicted octanol–water partition coefficient (Wildman–Crippen LogP) is 2.67. The van der Waals surface area contributed by atoms with Crippen LogP contribution in [-0.2, 0) is 6.54 Å². The van der Waals surface area contributed by atoms with Gasteiger partial charge in [-0.3, -0.25) is 9.59 Å².